The molecule has 1 fully saturated rings. The van der Waals surface area contributed by atoms with Gasteiger partial charge in [0.05, 0.1) is 12.0 Å². The van der Waals surface area contributed by atoms with Crippen LogP contribution >= 0.6 is 11.6 Å². The second kappa shape index (κ2) is 7.36. The van der Waals surface area contributed by atoms with Gasteiger partial charge in [-0.3, -0.25) is 9.11 Å². The molecule has 0 amide bonds. The van der Waals surface area contributed by atoms with E-state index in [0.29, 0.717) is 27.4 Å². The fraction of sp³-hybridized carbons (Fsp3) is 0.429. The van der Waals surface area contributed by atoms with E-state index in [4.69, 9.17) is 33.9 Å². The molecular formula is C14H17ClN2O7S. The third-order valence-corrected chi connectivity index (χ3v) is 3.60. The second-order valence-electron chi connectivity index (χ2n) is 5.73. The van der Waals surface area contributed by atoms with Crippen LogP contribution in [0.4, 0.5) is 0 Å². The maximum Gasteiger partial charge on any atom is 0.394 e. The Balaban J connectivity index is 0.000000399. The molecule has 138 valence electrons. The molecule has 0 aromatic carbocycles. The summed E-state index contributed by atoms with van der Waals surface area (Å²) in [6.07, 6.45) is 5.37. The van der Waals surface area contributed by atoms with Gasteiger partial charge in [0.25, 0.3) is 0 Å². The number of hydrogen-bond acceptors (Lipinski definition) is 7. The first-order valence-electron chi connectivity index (χ1n) is 7.16. The molecule has 0 radical (unpaired) electrons. The molecule has 4 N–H and O–H groups in total. The molecule has 1 saturated carbocycles. The molecule has 2 aromatic rings. The minimum atomic E-state index is -4.67. The van der Waals surface area contributed by atoms with Gasteiger partial charge in [-0.2, -0.15) is 8.42 Å². The number of pyridine rings is 2. The van der Waals surface area contributed by atoms with E-state index >= 15 is 0 Å². The van der Waals surface area contributed by atoms with E-state index in [9.17, 15) is 10.2 Å². The highest BCUT2D eigenvalue weighted by Gasteiger charge is 2.29. The van der Waals surface area contributed by atoms with E-state index in [2.05, 4.69) is 9.97 Å². The fourth-order valence-corrected chi connectivity index (χ4v) is 2.20. The normalized spacial score (nSPS) is 16.7. The molecule has 1 unspecified atom stereocenters. The minimum absolute atomic E-state index is 0.214. The van der Waals surface area contributed by atoms with E-state index in [-0.39, 0.29) is 6.10 Å². The van der Waals surface area contributed by atoms with E-state index in [0.717, 1.165) is 12.8 Å². The second-order valence-corrected chi connectivity index (χ2v) is 7.01. The molecular weight excluding hydrogens is 376 g/mol. The summed E-state index contributed by atoms with van der Waals surface area (Å²) in [5.74, 6) is 0.490. The van der Waals surface area contributed by atoms with Gasteiger partial charge < -0.3 is 14.9 Å². The fourth-order valence-electron chi connectivity index (χ4n) is 2.04. The van der Waals surface area contributed by atoms with Gasteiger partial charge in [0.2, 0.25) is 5.88 Å². The van der Waals surface area contributed by atoms with Crippen molar-refractivity contribution in [1.29, 1.82) is 0 Å². The number of aliphatic hydroxyl groups is 2. The highest BCUT2D eigenvalue weighted by atomic mass is 35.5. The average Bonchev–Trinajstić information content (AvgIpc) is 3.29. The summed E-state index contributed by atoms with van der Waals surface area (Å²) >= 11 is 5.94. The summed E-state index contributed by atoms with van der Waals surface area (Å²) in [5.41, 5.74) is -0.893. The lowest BCUT2D eigenvalue weighted by molar-refractivity contribution is -0.00134. The van der Waals surface area contributed by atoms with Crippen LogP contribution < -0.4 is 4.74 Å². The molecule has 0 bridgehead atoms. The maximum atomic E-state index is 10.3. The molecule has 9 nitrogen and oxygen atoms in total. The van der Waals surface area contributed by atoms with Crippen molar-refractivity contribution in [1.82, 2.24) is 9.97 Å². The van der Waals surface area contributed by atoms with E-state index < -0.39 is 22.6 Å². The van der Waals surface area contributed by atoms with Crippen molar-refractivity contribution in [2.24, 2.45) is 0 Å². The Bertz CT molecular complexity index is 861. The van der Waals surface area contributed by atoms with Crippen LogP contribution in [-0.2, 0) is 16.0 Å². The predicted octanol–water partition coefficient (Wildman–Crippen LogP) is 1.37. The molecule has 1 aliphatic rings. The Kier molecular flexibility index (Phi) is 5.82. The van der Waals surface area contributed by atoms with Crippen molar-refractivity contribution in [2.45, 2.75) is 31.5 Å². The van der Waals surface area contributed by atoms with Crippen LogP contribution in [0.1, 0.15) is 25.3 Å². The summed E-state index contributed by atoms with van der Waals surface area (Å²) < 4.78 is 37.3. The standard InChI is InChI=1S/C14H15ClN2O3.H2O4S/c1-14(19,7-18)11-6-17-13(20-8-2-3-8)10-5-16-12(15)4-9(10)11;1-5(2,3)4/h4-6,8,18-19H,2-3,7H2,1H3;(H2,1,2,3,4). The van der Waals surface area contributed by atoms with Crippen LogP contribution in [0.2, 0.25) is 5.15 Å². The van der Waals surface area contributed by atoms with Gasteiger partial charge in [0.15, 0.2) is 0 Å². The Morgan fingerprint density at radius 1 is 1.28 bits per heavy atom. The van der Waals surface area contributed by atoms with Crippen molar-refractivity contribution >= 4 is 32.8 Å². The number of nitrogens with zero attached hydrogens (tertiary/aromatic N) is 2. The number of ether oxygens (including phenoxy) is 1. The quantitative estimate of drug-likeness (QED) is 0.446. The van der Waals surface area contributed by atoms with Crippen molar-refractivity contribution in [3.63, 3.8) is 0 Å². The average molecular weight is 393 g/mol. The van der Waals surface area contributed by atoms with Crippen LogP contribution in [0.3, 0.4) is 0 Å². The third-order valence-electron chi connectivity index (χ3n) is 3.39. The minimum Gasteiger partial charge on any atom is -0.474 e. The number of aromatic nitrogens is 2. The Morgan fingerprint density at radius 2 is 1.88 bits per heavy atom. The van der Waals surface area contributed by atoms with Crippen LogP contribution in [0.25, 0.3) is 10.8 Å². The van der Waals surface area contributed by atoms with Crippen molar-refractivity contribution in [3.05, 3.63) is 29.2 Å². The van der Waals surface area contributed by atoms with Gasteiger partial charge in [0, 0.05) is 18.0 Å². The smallest absolute Gasteiger partial charge is 0.394 e. The SMILES string of the molecule is CC(O)(CO)c1cnc(OC2CC2)c2cnc(Cl)cc12.O=S(=O)(O)O. The molecule has 0 spiro atoms. The van der Waals surface area contributed by atoms with Crippen LogP contribution in [0, 0.1) is 0 Å². The summed E-state index contributed by atoms with van der Waals surface area (Å²) in [7, 11) is -4.67. The largest absolute Gasteiger partial charge is 0.474 e. The summed E-state index contributed by atoms with van der Waals surface area (Å²) in [5, 5.41) is 21.3. The first-order valence-corrected chi connectivity index (χ1v) is 8.93. The van der Waals surface area contributed by atoms with Crippen molar-refractivity contribution < 1.29 is 32.5 Å². The van der Waals surface area contributed by atoms with E-state index in [1.165, 1.54) is 13.1 Å². The molecule has 0 saturated heterocycles. The Morgan fingerprint density at radius 3 is 2.40 bits per heavy atom. The highest BCUT2D eigenvalue weighted by Crippen LogP contribution is 2.35. The molecule has 1 aliphatic carbocycles. The van der Waals surface area contributed by atoms with Gasteiger partial charge in [-0.1, -0.05) is 11.6 Å². The van der Waals surface area contributed by atoms with Gasteiger partial charge in [0.1, 0.15) is 16.9 Å². The van der Waals surface area contributed by atoms with Gasteiger partial charge in [-0.15, -0.1) is 0 Å². The number of halogens is 1. The Labute approximate surface area is 148 Å². The molecule has 25 heavy (non-hydrogen) atoms. The van der Waals surface area contributed by atoms with Gasteiger partial charge in [-0.25, -0.2) is 9.97 Å². The number of fused-ring (bicyclic) bond motifs is 1. The number of rotatable bonds is 4. The zero-order chi connectivity index (χ0) is 18.8. The van der Waals surface area contributed by atoms with Crippen LogP contribution in [0.5, 0.6) is 5.88 Å². The lowest BCUT2D eigenvalue weighted by Gasteiger charge is -2.23. The summed E-state index contributed by atoms with van der Waals surface area (Å²) in [6.45, 7) is 1.12. The zero-order valence-corrected chi connectivity index (χ0v) is 14.7. The van der Waals surface area contributed by atoms with Crippen molar-refractivity contribution in [3.8, 4) is 5.88 Å². The van der Waals surface area contributed by atoms with Gasteiger partial charge >= 0.3 is 10.4 Å². The molecule has 11 heteroatoms. The number of aliphatic hydroxyl groups excluding tert-OH is 1. The molecule has 0 aliphatic heterocycles. The maximum absolute atomic E-state index is 10.3. The van der Waals surface area contributed by atoms with Gasteiger partial charge in [-0.05, 0) is 31.2 Å². The Hall–Kier alpha value is -1.56. The van der Waals surface area contributed by atoms with Crippen LogP contribution in [0.15, 0.2) is 18.5 Å². The highest BCUT2D eigenvalue weighted by molar-refractivity contribution is 7.79. The molecule has 2 aromatic heterocycles. The number of hydrogen-bond donors (Lipinski definition) is 4. The summed E-state index contributed by atoms with van der Waals surface area (Å²) in [4.78, 5) is 8.30. The van der Waals surface area contributed by atoms with Crippen molar-refractivity contribution in [2.75, 3.05) is 6.61 Å². The molecule has 1 atom stereocenters. The molecule has 2 heterocycles. The van der Waals surface area contributed by atoms with E-state index in [1.807, 2.05) is 0 Å². The topological polar surface area (TPSA) is 150 Å². The monoisotopic (exact) mass is 392 g/mol. The molecule has 3 rings (SSSR count). The lowest BCUT2D eigenvalue weighted by atomic mass is 9.94. The van der Waals surface area contributed by atoms with E-state index in [1.54, 1.807) is 12.3 Å². The first-order chi connectivity index (χ1) is 11.5. The summed E-state index contributed by atoms with van der Waals surface area (Å²) in [6, 6.07) is 1.65. The third kappa shape index (κ3) is 5.73. The zero-order valence-electron chi connectivity index (χ0n) is 13.1. The first kappa shape index (κ1) is 19.8. The lowest BCUT2D eigenvalue weighted by Crippen LogP contribution is -2.26. The van der Waals surface area contributed by atoms with Crippen LogP contribution in [-0.4, -0.2) is 50.4 Å². The predicted molar refractivity (Wildman–Crippen MR) is 89.0 cm³/mol.